The second-order valence-electron chi connectivity index (χ2n) is 2.58. The average molecular weight is 307 g/mol. The lowest BCUT2D eigenvalue weighted by molar-refractivity contribution is -0.385. The van der Waals surface area contributed by atoms with Gasteiger partial charge < -0.3 is 5.11 Å². The van der Waals surface area contributed by atoms with E-state index in [1.807, 2.05) is 0 Å². The van der Waals surface area contributed by atoms with Crippen LogP contribution in [0, 0.1) is 13.7 Å². The molecular weight excluding hydrogens is 301 g/mol. The van der Waals surface area contributed by atoms with Crippen LogP contribution >= 0.6 is 22.6 Å². The predicted octanol–water partition coefficient (Wildman–Crippen LogP) is 1.83. The van der Waals surface area contributed by atoms with Crippen LogP contribution in [0.5, 0.6) is 0 Å². The number of rotatable bonds is 3. The van der Waals surface area contributed by atoms with Crippen molar-refractivity contribution in [2.45, 2.75) is 6.42 Å². The standard InChI is InChI=1S/C8H6INO4/c9-8-5(4-7(11)12)2-1-3-6(8)10(13)14/h1-3H,4H2,(H,11,12). The molecule has 6 heteroatoms. The van der Waals surface area contributed by atoms with E-state index >= 15 is 0 Å². The Bertz CT molecular complexity index is 391. The Labute approximate surface area is 93.0 Å². The molecule has 0 amide bonds. The van der Waals surface area contributed by atoms with E-state index < -0.39 is 10.9 Å². The van der Waals surface area contributed by atoms with Crippen LogP contribution in [0.25, 0.3) is 0 Å². The molecular formula is C8H6INO4. The molecule has 0 heterocycles. The molecule has 0 bridgehead atoms. The van der Waals surface area contributed by atoms with E-state index in [1.165, 1.54) is 12.1 Å². The number of carbonyl (C=O) groups is 1. The Morgan fingerprint density at radius 2 is 2.21 bits per heavy atom. The van der Waals surface area contributed by atoms with Crippen molar-refractivity contribution in [3.8, 4) is 0 Å². The van der Waals surface area contributed by atoms with Gasteiger partial charge in [0.25, 0.3) is 5.69 Å². The summed E-state index contributed by atoms with van der Waals surface area (Å²) in [6.07, 6.45) is -0.194. The number of benzene rings is 1. The first-order valence-corrected chi connectivity index (χ1v) is 4.74. The third-order valence-electron chi connectivity index (χ3n) is 1.60. The number of carboxylic acid groups (broad SMARTS) is 1. The van der Waals surface area contributed by atoms with Crippen LogP contribution in [0.2, 0.25) is 0 Å². The lowest BCUT2D eigenvalue weighted by Gasteiger charge is -2.01. The highest BCUT2D eigenvalue weighted by Gasteiger charge is 2.15. The van der Waals surface area contributed by atoms with Crippen LogP contribution in [0.4, 0.5) is 5.69 Å². The summed E-state index contributed by atoms with van der Waals surface area (Å²) in [7, 11) is 0. The Balaban J connectivity index is 3.13. The Hall–Kier alpha value is -1.18. The van der Waals surface area contributed by atoms with Crippen molar-refractivity contribution < 1.29 is 14.8 Å². The van der Waals surface area contributed by atoms with Gasteiger partial charge in [0.1, 0.15) is 0 Å². The van der Waals surface area contributed by atoms with Gasteiger partial charge in [0, 0.05) is 6.07 Å². The fourth-order valence-corrected chi connectivity index (χ4v) is 1.75. The minimum atomic E-state index is -0.997. The van der Waals surface area contributed by atoms with Crippen molar-refractivity contribution in [3.63, 3.8) is 0 Å². The molecule has 0 spiro atoms. The van der Waals surface area contributed by atoms with Gasteiger partial charge in [-0.15, -0.1) is 0 Å². The van der Waals surface area contributed by atoms with Gasteiger partial charge in [-0.1, -0.05) is 12.1 Å². The molecule has 14 heavy (non-hydrogen) atoms. The molecule has 0 aliphatic rings. The van der Waals surface area contributed by atoms with Crippen LogP contribution in [0.1, 0.15) is 5.56 Å². The van der Waals surface area contributed by atoms with E-state index in [1.54, 1.807) is 28.7 Å². The summed E-state index contributed by atoms with van der Waals surface area (Å²) in [6, 6.07) is 4.41. The lowest BCUT2D eigenvalue weighted by Crippen LogP contribution is -2.03. The number of hydrogen-bond acceptors (Lipinski definition) is 3. The quantitative estimate of drug-likeness (QED) is 0.525. The van der Waals surface area contributed by atoms with Crippen molar-refractivity contribution in [3.05, 3.63) is 37.4 Å². The normalized spacial score (nSPS) is 9.79. The first-order valence-electron chi connectivity index (χ1n) is 3.66. The minimum absolute atomic E-state index is 0.0515. The van der Waals surface area contributed by atoms with E-state index in [-0.39, 0.29) is 12.1 Å². The predicted molar refractivity (Wildman–Crippen MR) is 57.2 cm³/mol. The largest absolute Gasteiger partial charge is 0.481 e. The number of halogens is 1. The van der Waals surface area contributed by atoms with Crippen molar-refractivity contribution in [1.82, 2.24) is 0 Å². The summed E-state index contributed by atoms with van der Waals surface area (Å²) in [6.45, 7) is 0. The van der Waals surface area contributed by atoms with Crippen molar-refractivity contribution in [2.75, 3.05) is 0 Å². The number of nitrogens with zero attached hydrogens (tertiary/aromatic N) is 1. The maximum atomic E-state index is 10.5. The molecule has 0 atom stereocenters. The van der Waals surface area contributed by atoms with Crippen molar-refractivity contribution >= 4 is 34.2 Å². The van der Waals surface area contributed by atoms with Crippen LogP contribution in [-0.2, 0) is 11.2 Å². The second kappa shape index (κ2) is 4.36. The zero-order chi connectivity index (χ0) is 10.7. The summed E-state index contributed by atoms with van der Waals surface area (Å²) in [4.78, 5) is 20.4. The van der Waals surface area contributed by atoms with Gasteiger partial charge in [-0.2, -0.15) is 0 Å². The van der Waals surface area contributed by atoms with Gasteiger partial charge >= 0.3 is 5.97 Å². The van der Waals surface area contributed by atoms with Crippen LogP contribution in [-0.4, -0.2) is 16.0 Å². The molecule has 0 aliphatic carbocycles. The zero-order valence-corrected chi connectivity index (χ0v) is 9.09. The Kier molecular flexibility index (Phi) is 3.39. The maximum absolute atomic E-state index is 10.5. The average Bonchev–Trinajstić information content (AvgIpc) is 2.07. The summed E-state index contributed by atoms with van der Waals surface area (Å²) in [5.74, 6) is -0.997. The van der Waals surface area contributed by atoms with Gasteiger partial charge in [0.05, 0.1) is 14.9 Å². The minimum Gasteiger partial charge on any atom is -0.481 e. The fraction of sp³-hybridized carbons (Fsp3) is 0.125. The van der Waals surface area contributed by atoms with E-state index in [9.17, 15) is 14.9 Å². The highest BCUT2D eigenvalue weighted by molar-refractivity contribution is 14.1. The summed E-state index contributed by atoms with van der Waals surface area (Å²) >= 11 is 1.78. The monoisotopic (exact) mass is 307 g/mol. The molecule has 0 saturated heterocycles. The fourth-order valence-electron chi connectivity index (χ4n) is 1.01. The molecule has 0 radical (unpaired) electrons. The summed E-state index contributed by atoms with van der Waals surface area (Å²) < 4.78 is 0.387. The first kappa shape index (κ1) is 10.9. The molecule has 5 nitrogen and oxygen atoms in total. The Morgan fingerprint density at radius 1 is 1.57 bits per heavy atom. The van der Waals surface area contributed by atoms with Crippen LogP contribution in [0.15, 0.2) is 18.2 Å². The molecule has 0 saturated carbocycles. The number of carboxylic acids is 1. The smallest absolute Gasteiger partial charge is 0.307 e. The van der Waals surface area contributed by atoms with Gasteiger partial charge in [-0.05, 0) is 28.2 Å². The van der Waals surface area contributed by atoms with E-state index in [0.29, 0.717) is 9.13 Å². The van der Waals surface area contributed by atoms with E-state index in [0.717, 1.165) is 0 Å². The molecule has 0 fully saturated rings. The SMILES string of the molecule is O=C(O)Cc1cccc([N+](=O)[O-])c1I. The molecule has 0 aromatic heterocycles. The number of nitro benzene ring substituents is 1. The first-order chi connectivity index (χ1) is 6.52. The molecule has 1 aromatic rings. The Morgan fingerprint density at radius 3 is 2.71 bits per heavy atom. The van der Waals surface area contributed by atoms with Gasteiger partial charge in [-0.3, -0.25) is 14.9 Å². The number of nitro groups is 1. The third kappa shape index (κ3) is 2.41. The second-order valence-corrected chi connectivity index (χ2v) is 3.66. The summed E-state index contributed by atoms with van der Waals surface area (Å²) in [5, 5.41) is 19.1. The zero-order valence-electron chi connectivity index (χ0n) is 6.94. The van der Waals surface area contributed by atoms with Crippen molar-refractivity contribution in [1.29, 1.82) is 0 Å². The summed E-state index contributed by atoms with van der Waals surface area (Å²) in [5.41, 5.74) is 0.414. The molecule has 1 aromatic carbocycles. The maximum Gasteiger partial charge on any atom is 0.307 e. The number of hydrogen-bond donors (Lipinski definition) is 1. The van der Waals surface area contributed by atoms with Gasteiger partial charge in [0.2, 0.25) is 0 Å². The molecule has 0 aliphatic heterocycles. The molecule has 1 N–H and O–H groups in total. The van der Waals surface area contributed by atoms with E-state index in [2.05, 4.69) is 0 Å². The lowest BCUT2D eigenvalue weighted by atomic mass is 10.1. The van der Waals surface area contributed by atoms with E-state index in [4.69, 9.17) is 5.11 Å². The van der Waals surface area contributed by atoms with Gasteiger partial charge in [0.15, 0.2) is 0 Å². The topological polar surface area (TPSA) is 80.4 Å². The van der Waals surface area contributed by atoms with Crippen LogP contribution < -0.4 is 0 Å². The highest BCUT2D eigenvalue weighted by atomic mass is 127. The molecule has 1 rings (SSSR count). The number of aliphatic carboxylic acids is 1. The highest BCUT2D eigenvalue weighted by Crippen LogP contribution is 2.24. The third-order valence-corrected chi connectivity index (χ3v) is 2.84. The molecule has 74 valence electrons. The van der Waals surface area contributed by atoms with Gasteiger partial charge in [-0.25, -0.2) is 0 Å². The molecule has 0 unspecified atom stereocenters. The van der Waals surface area contributed by atoms with Crippen molar-refractivity contribution in [2.24, 2.45) is 0 Å². The van der Waals surface area contributed by atoms with Crippen LogP contribution in [0.3, 0.4) is 0 Å².